The predicted molar refractivity (Wildman–Crippen MR) is 112 cm³/mol. The zero-order valence-electron chi connectivity index (χ0n) is 15.1. The van der Waals surface area contributed by atoms with Gasteiger partial charge in [-0.05, 0) is 25.7 Å². The molecule has 2 atom stereocenters. The number of imide groups is 1. The Morgan fingerprint density at radius 3 is 2.21 bits per heavy atom. The molecule has 0 spiro atoms. The highest BCUT2D eigenvalue weighted by atomic mass is 35.6. The summed E-state index contributed by atoms with van der Waals surface area (Å²) in [6.07, 6.45) is 1.57. The van der Waals surface area contributed by atoms with E-state index in [0.717, 1.165) is 4.90 Å². The molecule has 1 N–H and O–H groups in total. The minimum absolute atomic E-state index is 0.0104. The Labute approximate surface area is 193 Å². The molecule has 0 saturated heterocycles. The first-order valence-corrected chi connectivity index (χ1v) is 10.6. The van der Waals surface area contributed by atoms with Crippen molar-refractivity contribution >= 4 is 87.3 Å². The number of carbonyl (C=O) groups is 3. The second kappa shape index (κ2) is 10.8. The Morgan fingerprint density at radius 2 is 1.75 bits per heavy atom. The van der Waals surface area contributed by atoms with Crippen LogP contribution in [0.15, 0.2) is 11.8 Å². The van der Waals surface area contributed by atoms with E-state index in [1.165, 1.54) is 13.2 Å². The molecule has 6 nitrogen and oxygen atoms in total. The van der Waals surface area contributed by atoms with Gasteiger partial charge in [-0.3, -0.25) is 19.3 Å². The Hall–Kier alpha value is -0.110. The molecule has 0 radical (unpaired) electrons. The lowest BCUT2D eigenvalue weighted by Crippen LogP contribution is -2.52. The van der Waals surface area contributed by atoms with Crippen molar-refractivity contribution < 1.29 is 19.1 Å². The molecule has 1 aliphatic heterocycles. The first-order chi connectivity index (χ1) is 12.8. The van der Waals surface area contributed by atoms with Gasteiger partial charge in [0.05, 0.1) is 13.2 Å². The van der Waals surface area contributed by atoms with E-state index >= 15 is 0 Å². The minimum Gasteiger partial charge on any atom is -0.499 e. The second-order valence-electron chi connectivity index (χ2n) is 6.09. The molecule has 0 fully saturated rings. The van der Waals surface area contributed by atoms with Crippen LogP contribution in [0.25, 0.3) is 0 Å². The largest absolute Gasteiger partial charge is 0.499 e. The molecule has 160 valence electrons. The highest BCUT2D eigenvalue weighted by Gasteiger charge is 2.42. The fraction of sp³-hybridized carbons (Fsp3) is 0.688. The average molecular weight is 517 g/mol. The number of hydrogen-bond acceptors (Lipinski definition) is 4. The molecular weight excluding hydrogens is 497 g/mol. The third kappa shape index (κ3) is 8.33. The van der Waals surface area contributed by atoms with Gasteiger partial charge < -0.3 is 10.1 Å². The Bertz CT molecular complexity index is 630. The lowest BCUT2D eigenvalue weighted by molar-refractivity contribution is -0.146. The molecule has 0 aromatic heterocycles. The van der Waals surface area contributed by atoms with Crippen LogP contribution in [0.2, 0.25) is 0 Å². The molecule has 3 amide bonds. The summed E-state index contributed by atoms with van der Waals surface area (Å²) < 4.78 is 2.02. The molecule has 0 aliphatic carbocycles. The molecule has 0 aromatic rings. The summed E-state index contributed by atoms with van der Waals surface area (Å²) in [4.78, 5) is 38.4. The van der Waals surface area contributed by atoms with Gasteiger partial charge >= 0.3 is 0 Å². The number of alkyl halides is 6. The Kier molecular flexibility index (Phi) is 9.98. The van der Waals surface area contributed by atoms with Crippen LogP contribution in [-0.2, 0) is 19.1 Å². The van der Waals surface area contributed by atoms with Crippen LogP contribution >= 0.6 is 69.6 Å². The maximum absolute atomic E-state index is 13.1. The quantitative estimate of drug-likeness (QED) is 0.484. The fourth-order valence-electron chi connectivity index (χ4n) is 2.63. The van der Waals surface area contributed by atoms with Crippen molar-refractivity contribution in [2.24, 2.45) is 0 Å². The maximum Gasteiger partial charge on any atom is 0.257 e. The number of methoxy groups -OCH3 is 1. The average Bonchev–Trinajstić information content (AvgIpc) is 2.89. The summed E-state index contributed by atoms with van der Waals surface area (Å²) >= 11 is 34.7. The molecule has 1 heterocycles. The van der Waals surface area contributed by atoms with Crippen LogP contribution in [0, 0.1) is 0 Å². The van der Waals surface area contributed by atoms with E-state index in [0.29, 0.717) is 0 Å². The Morgan fingerprint density at radius 1 is 1.18 bits per heavy atom. The summed E-state index contributed by atoms with van der Waals surface area (Å²) in [6.45, 7) is 1.63. The third-order valence-corrected chi connectivity index (χ3v) is 5.12. The number of hydrogen-bond donors (Lipinski definition) is 1. The van der Waals surface area contributed by atoms with Crippen LogP contribution in [-0.4, -0.2) is 49.4 Å². The SMILES string of the molecule is CCC(=O)N[C@H](CCC(Cl)(Cl)Cl)C(=O)N1C(=O)C=C(OC)[C@H]1CCC(Cl)(Cl)Cl. The van der Waals surface area contributed by atoms with Crippen molar-refractivity contribution in [3.05, 3.63) is 11.8 Å². The maximum atomic E-state index is 13.1. The molecule has 0 aromatic carbocycles. The molecular formula is C16H20Cl6N2O4. The third-order valence-electron chi connectivity index (χ3n) is 3.99. The van der Waals surface area contributed by atoms with Gasteiger partial charge in [-0.25, -0.2) is 0 Å². The zero-order chi connectivity index (χ0) is 21.7. The second-order valence-corrected chi connectivity index (χ2v) is 11.1. The van der Waals surface area contributed by atoms with E-state index in [1.54, 1.807) is 6.92 Å². The standard InChI is InChI=1S/C16H20Cl6N2O4/c1-3-12(25)23-9(4-6-15(17,18)19)14(27)24-10(5-7-16(20,21)22)11(28-2)8-13(24)26/h8-10H,3-7H2,1-2H3,(H,23,25)/t9-,10-/m1/s1. The smallest absolute Gasteiger partial charge is 0.257 e. The Balaban J connectivity index is 3.07. The summed E-state index contributed by atoms with van der Waals surface area (Å²) in [7, 11) is 1.37. The van der Waals surface area contributed by atoms with E-state index in [1.807, 2.05) is 0 Å². The lowest BCUT2D eigenvalue weighted by Gasteiger charge is -2.30. The molecule has 1 rings (SSSR count). The van der Waals surface area contributed by atoms with Crippen LogP contribution in [0.4, 0.5) is 0 Å². The molecule has 0 unspecified atom stereocenters. The summed E-state index contributed by atoms with van der Waals surface area (Å²) in [6, 6.07) is -1.83. The number of amides is 3. The number of rotatable bonds is 8. The molecule has 1 aliphatic rings. The van der Waals surface area contributed by atoms with Crippen molar-refractivity contribution in [2.45, 2.75) is 58.7 Å². The summed E-state index contributed by atoms with van der Waals surface area (Å²) in [5.41, 5.74) is 0. The van der Waals surface area contributed by atoms with Gasteiger partial charge in [0.2, 0.25) is 5.91 Å². The van der Waals surface area contributed by atoms with E-state index in [2.05, 4.69) is 5.32 Å². The van der Waals surface area contributed by atoms with Gasteiger partial charge in [-0.2, -0.15) is 0 Å². The van der Waals surface area contributed by atoms with Crippen LogP contribution in [0.5, 0.6) is 0 Å². The highest BCUT2D eigenvalue weighted by Crippen LogP contribution is 2.36. The number of halogens is 6. The van der Waals surface area contributed by atoms with Crippen molar-refractivity contribution in [1.29, 1.82) is 0 Å². The topological polar surface area (TPSA) is 75.7 Å². The van der Waals surface area contributed by atoms with Crippen molar-refractivity contribution in [3.8, 4) is 0 Å². The predicted octanol–water partition coefficient (Wildman–Crippen LogP) is 4.45. The highest BCUT2D eigenvalue weighted by molar-refractivity contribution is 6.67. The van der Waals surface area contributed by atoms with Gasteiger partial charge in [0.25, 0.3) is 11.8 Å². The summed E-state index contributed by atoms with van der Waals surface area (Å²) in [5, 5.41) is 2.56. The minimum atomic E-state index is -1.62. The number of nitrogens with one attached hydrogen (secondary N) is 1. The number of carbonyl (C=O) groups excluding carboxylic acids is 3. The monoisotopic (exact) mass is 514 g/mol. The zero-order valence-corrected chi connectivity index (χ0v) is 19.7. The van der Waals surface area contributed by atoms with Crippen LogP contribution in [0.1, 0.15) is 39.0 Å². The van der Waals surface area contributed by atoms with Crippen molar-refractivity contribution in [2.75, 3.05) is 7.11 Å². The lowest BCUT2D eigenvalue weighted by atomic mass is 10.1. The number of ether oxygens (including phenoxy) is 1. The molecule has 0 saturated carbocycles. The van der Waals surface area contributed by atoms with Gasteiger partial charge in [-0.1, -0.05) is 76.5 Å². The normalized spacial score (nSPS) is 18.7. The number of nitrogens with zero attached hydrogens (tertiary/aromatic N) is 1. The van der Waals surface area contributed by atoms with Gasteiger partial charge in [0.1, 0.15) is 11.8 Å². The van der Waals surface area contributed by atoms with Crippen molar-refractivity contribution in [1.82, 2.24) is 10.2 Å². The van der Waals surface area contributed by atoms with E-state index in [-0.39, 0.29) is 43.8 Å². The first-order valence-electron chi connectivity index (χ1n) is 8.34. The molecule has 28 heavy (non-hydrogen) atoms. The van der Waals surface area contributed by atoms with E-state index in [4.69, 9.17) is 74.3 Å². The fourth-order valence-corrected chi connectivity index (χ4v) is 3.28. The van der Waals surface area contributed by atoms with Crippen molar-refractivity contribution in [3.63, 3.8) is 0 Å². The first kappa shape index (κ1) is 25.9. The van der Waals surface area contributed by atoms with Gasteiger partial charge in [0.15, 0.2) is 7.59 Å². The molecule has 12 heteroatoms. The molecule has 0 bridgehead atoms. The van der Waals surface area contributed by atoms with Crippen LogP contribution < -0.4 is 5.32 Å². The summed E-state index contributed by atoms with van der Waals surface area (Å²) in [5.74, 6) is -1.37. The van der Waals surface area contributed by atoms with E-state index in [9.17, 15) is 14.4 Å². The van der Waals surface area contributed by atoms with Gasteiger partial charge in [0, 0.05) is 12.5 Å². The van der Waals surface area contributed by atoms with Gasteiger partial charge in [-0.15, -0.1) is 0 Å². The van der Waals surface area contributed by atoms with E-state index < -0.39 is 31.5 Å². The van der Waals surface area contributed by atoms with Crippen LogP contribution in [0.3, 0.4) is 0 Å².